The Hall–Kier alpha value is 0.820. The molecule has 1 atom stereocenters. The molecule has 1 fully saturated rings. The zero-order valence-electron chi connectivity index (χ0n) is 4.85. The third-order valence-corrected chi connectivity index (χ3v) is 6.14. The van der Waals surface area contributed by atoms with E-state index in [4.69, 9.17) is 34.8 Å². The predicted molar refractivity (Wildman–Crippen MR) is 42.5 cm³/mol. The van der Waals surface area contributed by atoms with E-state index < -0.39 is 18.9 Å². The summed E-state index contributed by atoms with van der Waals surface area (Å²) in [6.45, 7) is 0. The summed E-state index contributed by atoms with van der Waals surface area (Å²) >= 11 is 16.5. The molecule has 0 radical (unpaired) electrons. The van der Waals surface area contributed by atoms with Gasteiger partial charge in [-0.1, -0.05) is 23.2 Å². The van der Waals surface area contributed by atoms with Gasteiger partial charge in [0.15, 0.2) is 9.84 Å². The summed E-state index contributed by atoms with van der Waals surface area (Å²) in [4.78, 5) is 0. The molecule has 0 aromatic heterocycles. The van der Waals surface area contributed by atoms with Gasteiger partial charge in [-0.05, 0) is 6.42 Å². The van der Waals surface area contributed by atoms with E-state index in [0.717, 1.165) is 0 Å². The Bertz CT molecular complexity index is 233. The molecule has 1 heterocycles. The molecule has 2 nitrogen and oxygen atoms in total. The highest BCUT2D eigenvalue weighted by molar-refractivity contribution is 7.96. The van der Waals surface area contributed by atoms with Crippen LogP contribution >= 0.6 is 34.8 Å². The fraction of sp³-hybridized carbons (Fsp3) is 1.00. The average Bonchev–Trinajstić information content (AvgIpc) is 1.94. The van der Waals surface area contributed by atoms with E-state index >= 15 is 0 Å². The molecular weight excluding hydrogens is 218 g/mol. The number of halogens is 3. The van der Waals surface area contributed by atoms with Gasteiger partial charge in [-0.25, -0.2) is 8.42 Å². The zero-order valence-corrected chi connectivity index (χ0v) is 7.93. The molecular formula is C4H5Cl3O2S. The summed E-state index contributed by atoms with van der Waals surface area (Å²) in [5.41, 5.74) is 0. The normalized spacial score (nSPS) is 36.1. The first-order valence-electron chi connectivity index (χ1n) is 2.62. The van der Waals surface area contributed by atoms with Crippen LogP contribution in [0.1, 0.15) is 6.42 Å². The highest BCUT2D eigenvalue weighted by atomic mass is 35.5. The Morgan fingerprint density at radius 1 is 1.40 bits per heavy atom. The van der Waals surface area contributed by atoms with Gasteiger partial charge in [0.1, 0.15) is 0 Å². The van der Waals surface area contributed by atoms with E-state index in [1.807, 2.05) is 0 Å². The predicted octanol–water partition coefficient (Wildman–Crippen LogP) is 1.54. The van der Waals surface area contributed by atoms with Crippen LogP contribution in [-0.2, 0) is 9.84 Å². The van der Waals surface area contributed by atoms with Crippen molar-refractivity contribution >= 4 is 44.6 Å². The maximum Gasteiger partial charge on any atom is 0.233 e. The summed E-state index contributed by atoms with van der Waals surface area (Å²) in [6, 6.07) is 0. The topological polar surface area (TPSA) is 34.1 Å². The fourth-order valence-corrected chi connectivity index (χ4v) is 3.41. The maximum atomic E-state index is 10.9. The highest BCUT2D eigenvalue weighted by Crippen LogP contribution is 2.43. The molecule has 1 aliphatic rings. The van der Waals surface area contributed by atoms with Crippen molar-refractivity contribution in [1.29, 1.82) is 0 Å². The monoisotopic (exact) mass is 222 g/mol. The molecule has 0 bridgehead atoms. The number of hydrogen-bond acceptors (Lipinski definition) is 2. The Kier molecular flexibility index (Phi) is 2.14. The SMILES string of the molecule is O=S1(=O)CCC(Cl)C1(Cl)Cl. The van der Waals surface area contributed by atoms with Gasteiger partial charge in [0.05, 0.1) is 11.1 Å². The number of alkyl halides is 3. The van der Waals surface area contributed by atoms with Crippen molar-refractivity contribution < 1.29 is 8.42 Å². The minimum absolute atomic E-state index is 0.0197. The van der Waals surface area contributed by atoms with E-state index in [1.54, 1.807) is 0 Å². The van der Waals surface area contributed by atoms with Crippen molar-refractivity contribution in [2.75, 3.05) is 5.75 Å². The third kappa shape index (κ3) is 1.13. The van der Waals surface area contributed by atoms with Crippen LogP contribution in [0, 0.1) is 0 Å². The molecule has 0 amide bonds. The van der Waals surface area contributed by atoms with Gasteiger partial charge in [0, 0.05) is 0 Å². The van der Waals surface area contributed by atoms with Crippen molar-refractivity contribution in [2.45, 2.75) is 15.5 Å². The van der Waals surface area contributed by atoms with Gasteiger partial charge < -0.3 is 0 Å². The second kappa shape index (κ2) is 2.41. The van der Waals surface area contributed by atoms with Crippen LogP contribution in [0.5, 0.6) is 0 Å². The molecule has 0 aromatic rings. The van der Waals surface area contributed by atoms with Gasteiger partial charge in [0.2, 0.25) is 3.67 Å². The van der Waals surface area contributed by atoms with Gasteiger partial charge in [-0.3, -0.25) is 0 Å². The first-order chi connectivity index (χ1) is 4.38. The van der Waals surface area contributed by atoms with Crippen LogP contribution in [0.4, 0.5) is 0 Å². The van der Waals surface area contributed by atoms with E-state index in [1.165, 1.54) is 0 Å². The lowest BCUT2D eigenvalue weighted by atomic mass is 10.4. The zero-order chi connectivity index (χ0) is 7.99. The second-order valence-electron chi connectivity index (χ2n) is 2.14. The molecule has 6 heteroatoms. The molecule has 0 spiro atoms. The van der Waals surface area contributed by atoms with Crippen molar-refractivity contribution in [3.63, 3.8) is 0 Å². The van der Waals surface area contributed by atoms with Crippen LogP contribution in [0.3, 0.4) is 0 Å². The third-order valence-electron chi connectivity index (χ3n) is 1.42. The minimum atomic E-state index is -3.37. The van der Waals surface area contributed by atoms with Crippen molar-refractivity contribution in [3.05, 3.63) is 0 Å². The van der Waals surface area contributed by atoms with Gasteiger partial charge >= 0.3 is 0 Å². The molecule has 10 heavy (non-hydrogen) atoms. The van der Waals surface area contributed by atoms with Gasteiger partial charge in [-0.15, -0.1) is 11.6 Å². The van der Waals surface area contributed by atoms with Gasteiger partial charge in [0.25, 0.3) is 0 Å². The Labute approximate surface area is 74.4 Å². The summed E-state index contributed by atoms with van der Waals surface area (Å²) in [7, 11) is -3.37. The van der Waals surface area contributed by atoms with Crippen LogP contribution in [-0.4, -0.2) is 23.2 Å². The number of hydrogen-bond donors (Lipinski definition) is 0. The lowest BCUT2D eigenvalue weighted by Crippen LogP contribution is -2.27. The Balaban J connectivity index is 3.08. The standard InChI is InChI=1S/C4H5Cl3O2S/c5-3-1-2-10(8,9)4(3,6)7/h3H,1-2H2. The van der Waals surface area contributed by atoms with Crippen LogP contribution in [0.15, 0.2) is 0 Å². The molecule has 0 aromatic carbocycles. The lowest BCUT2D eigenvalue weighted by Gasteiger charge is -2.13. The smallest absolute Gasteiger partial charge is 0.226 e. The van der Waals surface area contributed by atoms with E-state index in [9.17, 15) is 8.42 Å². The Morgan fingerprint density at radius 3 is 2.00 bits per heavy atom. The molecule has 1 aliphatic heterocycles. The fourth-order valence-electron chi connectivity index (χ4n) is 0.758. The average molecular weight is 224 g/mol. The van der Waals surface area contributed by atoms with E-state index in [-0.39, 0.29) is 5.75 Å². The van der Waals surface area contributed by atoms with E-state index in [2.05, 4.69) is 0 Å². The number of rotatable bonds is 0. The van der Waals surface area contributed by atoms with Crippen LogP contribution < -0.4 is 0 Å². The first-order valence-corrected chi connectivity index (χ1v) is 5.46. The molecule has 0 saturated carbocycles. The quantitative estimate of drug-likeness (QED) is 0.584. The minimum Gasteiger partial charge on any atom is -0.226 e. The summed E-state index contributed by atoms with van der Waals surface area (Å²) < 4.78 is 20.1. The molecule has 0 aliphatic carbocycles. The number of sulfone groups is 1. The van der Waals surface area contributed by atoms with Crippen molar-refractivity contribution in [1.82, 2.24) is 0 Å². The Morgan fingerprint density at radius 2 is 1.90 bits per heavy atom. The largest absolute Gasteiger partial charge is 0.233 e. The summed E-state index contributed by atoms with van der Waals surface area (Å²) in [6.07, 6.45) is 0.330. The van der Waals surface area contributed by atoms with Crippen LogP contribution in [0.25, 0.3) is 0 Å². The molecule has 0 N–H and O–H groups in total. The van der Waals surface area contributed by atoms with Crippen LogP contribution in [0.2, 0.25) is 0 Å². The summed E-state index contributed by atoms with van der Waals surface area (Å²) in [5, 5.41) is -0.680. The molecule has 1 saturated heterocycles. The lowest BCUT2D eigenvalue weighted by molar-refractivity contribution is 0.597. The second-order valence-corrected chi connectivity index (χ2v) is 6.78. The molecule has 1 unspecified atom stereocenters. The highest BCUT2D eigenvalue weighted by Gasteiger charge is 2.51. The molecule has 1 rings (SSSR count). The first kappa shape index (κ1) is 8.91. The van der Waals surface area contributed by atoms with Crippen molar-refractivity contribution in [3.8, 4) is 0 Å². The van der Waals surface area contributed by atoms with Crippen molar-refractivity contribution in [2.24, 2.45) is 0 Å². The summed E-state index contributed by atoms with van der Waals surface area (Å²) in [5.74, 6) is -0.0197. The molecule has 60 valence electrons. The van der Waals surface area contributed by atoms with Gasteiger partial charge in [-0.2, -0.15) is 0 Å². The maximum absolute atomic E-state index is 10.9. The van der Waals surface area contributed by atoms with E-state index in [0.29, 0.717) is 6.42 Å².